The van der Waals surface area contributed by atoms with Gasteiger partial charge in [0.1, 0.15) is 4.90 Å². The minimum Gasteiger partial charge on any atom is -0.398 e. The molecule has 0 bridgehead atoms. The maximum atomic E-state index is 12.4. The van der Waals surface area contributed by atoms with Crippen molar-refractivity contribution in [2.24, 2.45) is 0 Å². The van der Waals surface area contributed by atoms with Crippen LogP contribution in [0.2, 0.25) is 0 Å². The Morgan fingerprint density at radius 1 is 1.15 bits per heavy atom. The normalized spacial score (nSPS) is 11.5. The number of hydrogen-bond acceptors (Lipinski definition) is 4. The van der Waals surface area contributed by atoms with Crippen molar-refractivity contribution in [2.45, 2.75) is 25.3 Å². The van der Waals surface area contributed by atoms with Crippen molar-refractivity contribution < 1.29 is 8.42 Å². The molecule has 0 atom stereocenters. The van der Waals surface area contributed by atoms with E-state index in [2.05, 4.69) is 9.71 Å². The Morgan fingerprint density at radius 2 is 1.80 bits per heavy atom. The summed E-state index contributed by atoms with van der Waals surface area (Å²) in [6, 6.07) is 6.94. The molecule has 1 aromatic heterocycles. The van der Waals surface area contributed by atoms with Gasteiger partial charge >= 0.3 is 0 Å². The predicted octanol–water partition coefficient (Wildman–Crippen LogP) is 1.76. The smallest absolute Gasteiger partial charge is 0.243 e. The summed E-state index contributed by atoms with van der Waals surface area (Å²) >= 11 is 0. The van der Waals surface area contributed by atoms with Crippen LogP contribution < -0.4 is 10.5 Å². The van der Waals surface area contributed by atoms with Crippen molar-refractivity contribution in [3.8, 4) is 0 Å². The summed E-state index contributed by atoms with van der Waals surface area (Å²) in [5.41, 5.74) is 8.48. The van der Waals surface area contributed by atoms with Crippen LogP contribution >= 0.6 is 0 Å². The SMILES string of the molecule is Cc1ccc(N)c(S(=O)(=O)NCc2ccncc2)c1C. The molecule has 1 aromatic carbocycles. The fourth-order valence-corrected chi connectivity index (χ4v) is 3.36. The molecule has 0 aliphatic carbocycles. The number of aromatic nitrogens is 1. The number of sulfonamides is 1. The number of aryl methyl sites for hydroxylation is 1. The molecule has 0 saturated carbocycles. The first-order valence-corrected chi connectivity index (χ1v) is 7.64. The van der Waals surface area contributed by atoms with E-state index in [-0.39, 0.29) is 17.1 Å². The number of nitrogen functional groups attached to an aromatic ring is 1. The highest BCUT2D eigenvalue weighted by Crippen LogP contribution is 2.25. The zero-order valence-corrected chi connectivity index (χ0v) is 12.2. The van der Waals surface area contributed by atoms with Crippen LogP contribution in [0, 0.1) is 13.8 Å². The highest BCUT2D eigenvalue weighted by atomic mass is 32.2. The number of rotatable bonds is 4. The van der Waals surface area contributed by atoms with Crippen LogP contribution in [0.15, 0.2) is 41.6 Å². The van der Waals surface area contributed by atoms with E-state index in [1.165, 1.54) is 0 Å². The summed E-state index contributed by atoms with van der Waals surface area (Å²) in [6.45, 7) is 3.82. The van der Waals surface area contributed by atoms with Crippen molar-refractivity contribution in [3.05, 3.63) is 53.3 Å². The average Bonchev–Trinajstić information content (AvgIpc) is 2.42. The number of nitrogens with zero attached hydrogens (tertiary/aromatic N) is 1. The van der Waals surface area contributed by atoms with Crippen molar-refractivity contribution >= 4 is 15.7 Å². The molecule has 0 unspecified atom stereocenters. The van der Waals surface area contributed by atoms with E-state index in [9.17, 15) is 8.42 Å². The van der Waals surface area contributed by atoms with E-state index in [0.29, 0.717) is 5.56 Å². The molecule has 2 rings (SSSR count). The van der Waals surface area contributed by atoms with E-state index in [0.717, 1.165) is 11.1 Å². The van der Waals surface area contributed by atoms with Gasteiger partial charge in [-0.15, -0.1) is 0 Å². The average molecular weight is 291 g/mol. The van der Waals surface area contributed by atoms with Crippen LogP contribution in [0.4, 0.5) is 5.69 Å². The summed E-state index contributed by atoms with van der Waals surface area (Å²) in [6.07, 6.45) is 3.24. The van der Waals surface area contributed by atoms with Gasteiger partial charge in [0.05, 0.1) is 5.69 Å². The standard InChI is InChI=1S/C14H17N3O2S/c1-10-3-4-13(15)14(11(10)2)20(18,19)17-9-12-5-7-16-8-6-12/h3-8,17H,9,15H2,1-2H3. The second-order valence-corrected chi connectivity index (χ2v) is 6.31. The third-order valence-corrected chi connectivity index (χ3v) is 4.80. The highest BCUT2D eigenvalue weighted by Gasteiger charge is 2.20. The number of pyridine rings is 1. The Kier molecular flexibility index (Phi) is 4.06. The minimum absolute atomic E-state index is 0.159. The van der Waals surface area contributed by atoms with Crippen LogP contribution in [0.25, 0.3) is 0 Å². The summed E-state index contributed by atoms with van der Waals surface area (Å²) in [7, 11) is -3.64. The van der Waals surface area contributed by atoms with E-state index >= 15 is 0 Å². The Hall–Kier alpha value is -1.92. The van der Waals surface area contributed by atoms with E-state index in [1.54, 1.807) is 37.5 Å². The van der Waals surface area contributed by atoms with Crippen molar-refractivity contribution in [1.29, 1.82) is 0 Å². The molecule has 2 aromatic rings. The summed E-state index contributed by atoms with van der Waals surface area (Å²) in [5.74, 6) is 0. The number of hydrogen-bond donors (Lipinski definition) is 2. The lowest BCUT2D eigenvalue weighted by atomic mass is 10.1. The van der Waals surface area contributed by atoms with Crippen molar-refractivity contribution in [2.75, 3.05) is 5.73 Å². The zero-order valence-electron chi connectivity index (χ0n) is 11.4. The van der Waals surface area contributed by atoms with Gasteiger partial charge in [0.15, 0.2) is 0 Å². The van der Waals surface area contributed by atoms with Crippen LogP contribution in [-0.4, -0.2) is 13.4 Å². The van der Waals surface area contributed by atoms with Gasteiger partial charge in [-0.1, -0.05) is 6.07 Å². The van der Waals surface area contributed by atoms with Gasteiger partial charge in [-0.25, -0.2) is 13.1 Å². The van der Waals surface area contributed by atoms with Crippen LogP contribution in [0.5, 0.6) is 0 Å². The third kappa shape index (κ3) is 2.97. The Balaban J connectivity index is 2.30. The predicted molar refractivity (Wildman–Crippen MR) is 78.6 cm³/mol. The maximum absolute atomic E-state index is 12.4. The van der Waals surface area contributed by atoms with Crippen LogP contribution in [0.1, 0.15) is 16.7 Å². The summed E-state index contributed by atoms with van der Waals surface area (Å²) in [4.78, 5) is 4.05. The van der Waals surface area contributed by atoms with Gasteiger partial charge in [0.25, 0.3) is 0 Å². The molecule has 0 fully saturated rings. The molecule has 5 nitrogen and oxygen atoms in total. The fourth-order valence-electron chi connectivity index (χ4n) is 1.92. The van der Waals surface area contributed by atoms with Gasteiger partial charge in [-0.3, -0.25) is 4.98 Å². The molecular weight excluding hydrogens is 274 g/mol. The molecule has 106 valence electrons. The van der Waals surface area contributed by atoms with Gasteiger partial charge in [0, 0.05) is 18.9 Å². The summed E-state index contributed by atoms with van der Waals surface area (Å²) in [5, 5.41) is 0. The van der Waals surface area contributed by atoms with Crippen LogP contribution in [-0.2, 0) is 16.6 Å². The van der Waals surface area contributed by atoms with Crippen LogP contribution in [0.3, 0.4) is 0 Å². The molecule has 3 N–H and O–H groups in total. The molecule has 1 heterocycles. The van der Waals surface area contributed by atoms with Gasteiger partial charge in [-0.2, -0.15) is 0 Å². The lowest BCUT2D eigenvalue weighted by Gasteiger charge is -2.13. The first kappa shape index (κ1) is 14.5. The number of benzene rings is 1. The number of nitrogens with two attached hydrogens (primary N) is 1. The molecule has 6 heteroatoms. The van der Waals surface area contributed by atoms with Crippen molar-refractivity contribution in [3.63, 3.8) is 0 Å². The van der Waals surface area contributed by atoms with E-state index in [4.69, 9.17) is 5.73 Å². The van der Waals surface area contributed by atoms with E-state index < -0.39 is 10.0 Å². The second-order valence-electron chi connectivity index (χ2n) is 4.61. The summed E-state index contributed by atoms with van der Waals surface area (Å²) < 4.78 is 27.4. The molecule has 0 spiro atoms. The Labute approximate surface area is 118 Å². The third-order valence-electron chi connectivity index (χ3n) is 3.19. The molecule has 0 saturated heterocycles. The molecule has 0 radical (unpaired) electrons. The lowest BCUT2D eigenvalue weighted by Crippen LogP contribution is -2.25. The monoisotopic (exact) mass is 291 g/mol. The van der Waals surface area contributed by atoms with Gasteiger partial charge in [-0.05, 0) is 48.7 Å². The van der Waals surface area contributed by atoms with Gasteiger partial charge < -0.3 is 5.73 Å². The number of nitrogens with one attached hydrogen (secondary N) is 1. The van der Waals surface area contributed by atoms with Gasteiger partial charge in [0.2, 0.25) is 10.0 Å². The maximum Gasteiger partial charge on any atom is 0.243 e. The zero-order chi connectivity index (χ0) is 14.8. The Bertz CT molecular complexity index is 713. The first-order chi connectivity index (χ1) is 9.42. The molecular formula is C14H17N3O2S. The quantitative estimate of drug-likeness (QED) is 0.841. The highest BCUT2D eigenvalue weighted by molar-refractivity contribution is 7.89. The number of anilines is 1. The van der Waals surface area contributed by atoms with E-state index in [1.807, 2.05) is 13.0 Å². The second kappa shape index (κ2) is 5.60. The largest absolute Gasteiger partial charge is 0.398 e. The Morgan fingerprint density at radius 3 is 2.45 bits per heavy atom. The fraction of sp³-hybridized carbons (Fsp3) is 0.214. The topological polar surface area (TPSA) is 85.1 Å². The first-order valence-electron chi connectivity index (χ1n) is 6.16. The molecule has 0 amide bonds. The molecule has 20 heavy (non-hydrogen) atoms. The van der Waals surface area contributed by atoms with Crippen molar-refractivity contribution in [1.82, 2.24) is 9.71 Å². The lowest BCUT2D eigenvalue weighted by molar-refractivity contribution is 0.581. The molecule has 0 aliphatic rings. The molecule has 0 aliphatic heterocycles. The minimum atomic E-state index is -3.64.